The van der Waals surface area contributed by atoms with Crippen molar-refractivity contribution in [3.8, 4) is 0 Å². The van der Waals surface area contributed by atoms with Gasteiger partial charge in [-0.2, -0.15) is 0 Å². The molecule has 0 aromatic heterocycles. The van der Waals surface area contributed by atoms with E-state index in [2.05, 4.69) is 29.5 Å². The normalized spacial score (nSPS) is 29.5. The highest BCUT2D eigenvalue weighted by Gasteiger charge is 2.66. The first kappa shape index (κ1) is 17.7. The third-order valence-corrected chi connectivity index (χ3v) is 6.55. The number of rotatable bonds is 8. The average Bonchev–Trinajstić information content (AvgIpc) is 2.88. The van der Waals surface area contributed by atoms with Crippen molar-refractivity contribution < 1.29 is 8.42 Å². The maximum absolute atomic E-state index is 11.7. The topological polar surface area (TPSA) is 49.4 Å². The second-order valence-corrected chi connectivity index (χ2v) is 9.48. The minimum Gasteiger partial charge on any atom is -0.303 e. The molecule has 0 amide bonds. The summed E-state index contributed by atoms with van der Waals surface area (Å²) in [6.45, 7) is 8.07. The van der Waals surface area contributed by atoms with Crippen LogP contribution in [0, 0.1) is 11.8 Å². The van der Waals surface area contributed by atoms with Crippen LogP contribution in [0.3, 0.4) is 0 Å². The zero-order valence-corrected chi connectivity index (χ0v) is 15.9. The van der Waals surface area contributed by atoms with Crippen LogP contribution in [0.5, 0.6) is 0 Å². The Morgan fingerprint density at radius 3 is 2.46 bits per heavy atom. The molecule has 0 spiro atoms. The molecule has 2 fully saturated rings. The van der Waals surface area contributed by atoms with Gasteiger partial charge in [-0.1, -0.05) is 51.3 Å². The van der Waals surface area contributed by atoms with Gasteiger partial charge in [-0.25, -0.2) is 8.42 Å². The highest BCUT2D eigenvalue weighted by molar-refractivity contribution is 7.92. The monoisotopic (exact) mass is 350 g/mol. The predicted molar refractivity (Wildman–Crippen MR) is 99.8 cm³/mol. The number of sulfonamides is 1. The number of fused-ring (bicyclic) bond motifs is 1. The van der Waals surface area contributed by atoms with Gasteiger partial charge in [0.1, 0.15) is 0 Å². The van der Waals surface area contributed by atoms with Crippen LogP contribution in [0.1, 0.15) is 45.1 Å². The van der Waals surface area contributed by atoms with Gasteiger partial charge in [-0.15, -0.1) is 0 Å². The van der Waals surface area contributed by atoms with Gasteiger partial charge < -0.3 is 4.90 Å². The zero-order valence-electron chi connectivity index (χ0n) is 15.1. The molecule has 1 aliphatic heterocycles. The van der Waals surface area contributed by atoms with Gasteiger partial charge >= 0.3 is 0 Å². The lowest BCUT2D eigenvalue weighted by atomic mass is 9.91. The number of nitrogens with zero attached hydrogens (tertiary/aromatic N) is 1. The number of likely N-dealkylation sites (tertiary alicyclic amines) is 1. The van der Waals surface area contributed by atoms with Crippen LogP contribution in [0.4, 0.5) is 5.69 Å². The minimum absolute atomic E-state index is 0.119. The van der Waals surface area contributed by atoms with Crippen LogP contribution >= 0.6 is 0 Å². The Kier molecular flexibility index (Phi) is 4.94. The third kappa shape index (κ3) is 3.47. The van der Waals surface area contributed by atoms with Crippen LogP contribution in [0.2, 0.25) is 0 Å². The molecule has 3 rings (SSSR count). The predicted octanol–water partition coefficient (Wildman–Crippen LogP) is 3.46. The SMILES string of the molecule is CCCCCCN1CC2C(C1)C2(C)c1ccccc1NS(C)(=O)=O. The maximum Gasteiger partial charge on any atom is 0.229 e. The molecule has 1 aliphatic carbocycles. The molecule has 0 bridgehead atoms. The summed E-state index contributed by atoms with van der Waals surface area (Å²) < 4.78 is 26.0. The molecule has 24 heavy (non-hydrogen) atoms. The van der Waals surface area contributed by atoms with E-state index in [1.165, 1.54) is 38.5 Å². The fourth-order valence-electron chi connectivity index (χ4n) is 4.55. The first-order valence-corrected chi connectivity index (χ1v) is 11.0. The molecule has 4 nitrogen and oxygen atoms in total. The van der Waals surface area contributed by atoms with Gasteiger partial charge in [0.25, 0.3) is 0 Å². The summed E-state index contributed by atoms with van der Waals surface area (Å²) in [5.74, 6) is 1.32. The van der Waals surface area contributed by atoms with Crippen molar-refractivity contribution in [3.05, 3.63) is 29.8 Å². The number of hydrogen-bond acceptors (Lipinski definition) is 3. The molecular weight excluding hydrogens is 320 g/mol. The fourth-order valence-corrected chi connectivity index (χ4v) is 5.13. The Morgan fingerprint density at radius 2 is 1.83 bits per heavy atom. The molecule has 1 N–H and O–H groups in total. The van der Waals surface area contributed by atoms with Crippen LogP contribution in [0.25, 0.3) is 0 Å². The first-order chi connectivity index (χ1) is 11.4. The number of para-hydroxylation sites is 1. The van der Waals surface area contributed by atoms with Gasteiger partial charge in [-0.3, -0.25) is 4.72 Å². The maximum atomic E-state index is 11.7. The highest BCUT2D eigenvalue weighted by atomic mass is 32.2. The molecule has 1 aromatic carbocycles. The van der Waals surface area contributed by atoms with E-state index in [0.29, 0.717) is 11.8 Å². The lowest BCUT2D eigenvalue weighted by Crippen LogP contribution is -2.30. The highest BCUT2D eigenvalue weighted by Crippen LogP contribution is 2.64. The van der Waals surface area contributed by atoms with Crippen LogP contribution in [0.15, 0.2) is 24.3 Å². The molecule has 5 heteroatoms. The molecular formula is C19H30N2O2S. The average molecular weight is 351 g/mol. The van der Waals surface area contributed by atoms with Gasteiger partial charge in [0.2, 0.25) is 10.0 Å². The van der Waals surface area contributed by atoms with Crippen molar-refractivity contribution in [2.75, 3.05) is 30.6 Å². The molecule has 1 saturated heterocycles. The summed E-state index contributed by atoms with van der Waals surface area (Å²) in [5.41, 5.74) is 2.04. The Bertz CT molecular complexity index is 674. The quantitative estimate of drug-likeness (QED) is 0.731. The van der Waals surface area contributed by atoms with E-state index in [4.69, 9.17) is 0 Å². The third-order valence-electron chi connectivity index (χ3n) is 5.96. The second kappa shape index (κ2) is 6.68. The van der Waals surface area contributed by atoms with Gasteiger partial charge in [-0.05, 0) is 36.4 Å². The minimum atomic E-state index is -3.24. The first-order valence-electron chi connectivity index (χ1n) is 9.16. The number of benzene rings is 1. The Hall–Kier alpha value is -1.07. The Morgan fingerprint density at radius 1 is 1.17 bits per heavy atom. The van der Waals surface area contributed by atoms with E-state index in [9.17, 15) is 8.42 Å². The summed E-state index contributed by atoms with van der Waals surface area (Å²) in [6, 6.07) is 7.90. The molecule has 2 unspecified atom stereocenters. The standard InChI is InChI=1S/C19H30N2O2S/c1-4-5-6-9-12-21-13-16-17(14-21)19(16,2)15-10-7-8-11-18(15)20-24(3,22)23/h7-8,10-11,16-17,20H,4-6,9,12-14H2,1-3H3. The summed E-state index contributed by atoms with van der Waals surface area (Å²) in [5, 5.41) is 0. The summed E-state index contributed by atoms with van der Waals surface area (Å²) in [6.07, 6.45) is 6.48. The zero-order chi connectivity index (χ0) is 17.4. The van der Waals surface area contributed by atoms with Crippen molar-refractivity contribution in [3.63, 3.8) is 0 Å². The Labute approximate surface area is 146 Å². The number of anilines is 1. The number of hydrogen-bond donors (Lipinski definition) is 1. The van der Waals surface area contributed by atoms with Gasteiger partial charge in [0, 0.05) is 18.5 Å². The number of nitrogens with one attached hydrogen (secondary N) is 1. The van der Waals surface area contributed by atoms with Crippen molar-refractivity contribution in [1.82, 2.24) is 4.90 Å². The summed E-state index contributed by atoms with van der Waals surface area (Å²) in [4.78, 5) is 2.60. The van der Waals surface area contributed by atoms with Crippen molar-refractivity contribution in [2.45, 2.75) is 44.9 Å². The van der Waals surface area contributed by atoms with Crippen molar-refractivity contribution >= 4 is 15.7 Å². The molecule has 1 heterocycles. The molecule has 1 aromatic rings. The van der Waals surface area contributed by atoms with E-state index in [1.807, 2.05) is 18.2 Å². The van der Waals surface area contributed by atoms with Gasteiger partial charge in [0.05, 0.1) is 11.9 Å². The molecule has 1 saturated carbocycles. The van der Waals surface area contributed by atoms with E-state index in [1.54, 1.807) is 0 Å². The lowest BCUT2D eigenvalue weighted by Gasteiger charge is -2.26. The number of unbranched alkanes of at least 4 members (excludes halogenated alkanes) is 3. The van der Waals surface area contributed by atoms with Crippen LogP contribution in [-0.4, -0.2) is 39.2 Å². The largest absolute Gasteiger partial charge is 0.303 e. The van der Waals surface area contributed by atoms with E-state index < -0.39 is 10.0 Å². The molecule has 0 radical (unpaired) electrons. The van der Waals surface area contributed by atoms with E-state index >= 15 is 0 Å². The van der Waals surface area contributed by atoms with Gasteiger partial charge in [0.15, 0.2) is 0 Å². The van der Waals surface area contributed by atoms with E-state index in [0.717, 1.165) is 24.3 Å². The molecule has 134 valence electrons. The smallest absolute Gasteiger partial charge is 0.229 e. The van der Waals surface area contributed by atoms with Crippen LogP contribution < -0.4 is 4.72 Å². The lowest BCUT2D eigenvalue weighted by molar-refractivity contribution is 0.271. The van der Waals surface area contributed by atoms with Crippen molar-refractivity contribution in [2.24, 2.45) is 11.8 Å². The van der Waals surface area contributed by atoms with Crippen molar-refractivity contribution in [1.29, 1.82) is 0 Å². The number of piperidine rings is 1. The van der Waals surface area contributed by atoms with E-state index in [-0.39, 0.29) is 5.41 Å². The molecule has 2 aliphatic rings. The Balaban J connectivity index is 1.65. The summed E-state index contributed by atoms with van der Waals surface area (Å²) >= 11 is 0. The summed E-state index contributed by atoms with van der Waals surface area (Å²) in [7, 11) is -3.24. The second-order valence-electron chi connectivity index (χ2n) is 7.74. The van der Waals surface area contributed by atoms with Crippen LogP contribution in [-0.2, 0) is 15.4 Å². The fraction of sp³-hybridized carbons (Fsp3) is 0.684. The molecule has 2 atom stereocenters.